The van der Waals surface area contributed by atoms with Gasteiger partial charge >= 0.3 is 5.97 Å². The van der Waals surface area contributed by atoms with Gasteiger partial charge in [0, 0.05) is 36.2 Å². The third-order valence-electron chi connectivity index (χ3n) is 8.26. The van der Waals surface area contributed by atoms with Gasteiger partial charge in [0.25, 0.3) is 0 Å². The number of carbonyl (C=O) groups is 2. The number of carbonyl (C=O) groups excluding carboxylic acids is 1. The van der Waals surface area contributed by atoms with Gasteiger partial charge in [-0.3, -0.25) is 14.5 Å². The number of pyridine rings is 1. The van der Waals surface area contributed by atoms with Crippen molar-refractivity contribution in [3.63, 3.8) is 0 Å². The molecule has 198 valence electrons. The Hall–Kier alpha value is -4.33. The summed E-state index contributed by atoms with van der Waals surface area (Å²) in [5, 5.41) is 14.3. The van der Waals surface area contributed by atoms with E-state index in [0.29, 0.717) is 28.7 Å². The molecule has 1 N–H and O–H groups in total. The van der Waals surface area contributed by atoms with Crippen LogP contribution >= 0.6 is 0 Å². The van der Waals surface area contributed by atoms with Crippen molar-refractivity contribution in [1.82, 2.24) is 14.8 Å². The SMILES string of the molecule is Cn1ncc2cc(-c3ccc(CN(C(=O)[C@@H]4C[C@@H]5CC[C@H]4C5)c4cncc(/C=C/C(=O)O)c4)c(F)c3)ccc21. The molecule has 4 aromatic rings. The fraction of sp³-hybridized carbons (Fsp3) is 0.290. The van der Waals surface area contributed by atoms with Gasteiger partial charge in [-0.1, -0.05) is 24.6 Å². The molecule has 6 rings (SSSR count). The molecule has 2 aliphatic carbocycles. The number of benzene rings is 2. The van der Waals surface area contributed by atoms with Crippen molar-refractivity contribution in [3.05, 3.63) is 84.1 Å². The third-order valence-corrected chi connectivity index (χ3v) is 8.26. The topological polar surface area (TPSA) is 88.3 Å². The Kier molecular flexibility index (Phi) is 6.46. The summed E-state index contributed by atoms with van der Waals surface area (Å²) in [6.07, 6.45) is 11.5. The number of hydrogen-bond donors (Lipinski definition) is 1. The van der Waals surface area contributed by atoms with Crippen molar-refractivity contribution >= 4 is 34.5 Å². The summed E-state index contributed by atoms with van der Waals surface area (Å²) in [6.45, 7) is 0.0637. The van der Waals surface area contributed by atoms with Crippen LogP contribution in [0.5, 0.6) is 0 Å². The molecule has 8 heteroatoms. The van der Waals surface area contributed by atoms with Crippen LogP contribution < -0.4 is 4.90 Å². The maximum atomic E-state index is 15.6. The summed E-state index contributed by atoms with van der Waals surface area (Å²) in [7, 11) is 1.88. The number of hydrogen-bond acceptors (Lipinski definition) is 4. The maximum Gasteiger partial charge on any atom is 0.328 e. The van der Waals surface area contributed by atoms with E-state index in [2.05, 4.69) is 10.1 Å². The Morgan fingerprint density at radius 3 is 2.64 bits per heavy atom. The number of nitrogens with zero attached hydrogens (tertiary/aromatic N) is 4. The molecule has 2 aromatic carbocycles. The highest BCUT2D eigenvalue weighted by atomic mass is 19.1. The molecule has 2 aliphatic rings. The van der Waals surface area contributed by atoms with E-state index in [1.165, 1.54) is 24.8 Å². The highest BCUT2D eigenvalue weighted by molar-refractivity contribution is 5.96. The zero-order chi connectivity index (χ0) is 27.1. The van der Waals surface area contributed by atoms with E-state index in [0.717, 1.165) is 47.4 Å². The van der Waals surface area contributed by atoms with E-state index in [-0.39, 0.29) is 24.2 Å². The number of aliphatic carboxylic acids is 1. The average molecular weight is 525 g/mol. The van der Waals surface area contributed by atoms with Crippen molar-refractivity contribution < 1.29 is 19.1 Å². The van der Waals surface area contributed by atoms with E-state index in [1.807, 2.05) is 31.3 Å². The van der Waals surface area contributed by atoms with Crippen molar-refractivity contribution in [2.75, 3.05) is 4.90 Å². The third kappa shape index (κ3) is 4.94. The lowest BCUT2D eigenvalue weighted by Gasteiger charge is -2.30. The number of anilines is 1. The van der Waals surface area contributed by atoms with E-state index in [4.69, 9.17) is 5.11 Å². The highest BCUT2D eigenvalue weighted by Gasteiger charge is 2.44. The van der Waals surface area contributed by atoms with E-state index < -0.39 is 5.97 Å². The van der Waals surface area contributed by atoms with Gasteiger partial charge in [-0.15, -0.1) is 0 Å². The predicted molar refractivity (Wildman–Crippen MR) is 147 cm³/mol. The molecular formula is C31H29FN4O3. The minimum Gasteiger partial charge on any atom is -0.478 e. The van der Waals surface area contributed by atoms with Crippen LogP contribution in [0.15, 0.2) is 67.1 Å². The first kappa shape index (κ1) is 25.0. The summed E-state index contributed by atoms with van der Waals surface area (Å²) in [5.41, 5.74) is 4.13. The highest BCUT2D eigenvalue weighted by Crippen LogP contribution is 2.49. The Morgan fingerprint density at radius 1 is 1.08 bits per heavy atom. The van der Waals surface area contributed by atoms with Crippen LogP contribution in [0.3, 0.4) is 0 Å². The average Bonchev–Trinajstić information content (AvgIpc) is 3.67. The smallest absolute Gasteiger partial charge is 0.328 e. The number of fused-ring (bicyclic) bond motifs is 3. The van der Waals surface area contributed by atoms with Crippen molar-refractivity contribution in [1.29, 1.82) is 0 Å². The number of rotatable bonds is 7. The monoisotopic (exact) mass is 524 g/mol. The van der Waals surface area contributed by atoms with Crippen LogP contribution in [-0.4, -0.2) is 31.7 Å². The second-order valence-electron chi connectivity index (χ2n) is 10.7. The standard InChI is InChI=1S/C31H29FN4O3/c1-35-29-8-7-21(13-25(29)16-34-35)22-5-6-24(28(32)14-22)18-36(31(39)27-12-19-2-4-23(27)10-19)26-11-20(15-33-17-26)3-9-30(37)38/h3,5-9,11,13-17,19,23,27H,2,4,10,12,18H2,1H3,(H,37,38)/b9-3+/t19-,23+,27-/m1/s1. The number of aryl methyl sites for hydroxylation is 1. The molecule has 2 bridgehead atoms. The van der Waals surface area contributed by atoms with Gasteiger partial charge in [0.2, 0.25) is 5.91 Å². The molecule has 0 unspecified atom stereocenters. The Morgan fingerprint density at radius 2 is 1.90 bits per heavy atom. The summed E-state index contributed by atoms with van der Waals surface area (Å²) in [4.78, 5) is 30.8. The zero-order valence-corrected chi connectivity index (χ0v) is 21.6. The number of carboxylic acid groups (broad SMARTS) is 1. The van der Waals surface area contributed by atoms with Crippen LogP contribution in [-0.2, 0) is 23.2 Å². The van der Waals surface area contributed by atoms with E-state index >= 15 is 4.39 Å². The Balaban J connectivity index is 1.32. The minimum absolute atomic E-state index is 0.0196. The minimum atomic E-state index is -1.07. The molecule has 2 aromatic heterocycles. The first-order valence-electron chi connectivity index (χ1n) is 13.2. The van der Waals surface area contributed by atoms with Crippen LogP contribution in [0.4, 0.5) is 10.1 Å². The summed E-state index contributed by atoms with van der Waals surface area (Å²) >= 11 is 0. The van der Waals surface area contributed by atoms with E-state index in [1.54, 1.807) is 34.1 Å². The second-order valence-corrected chi connectivity index (χ2v) is 10.7. The zero-order valence-electron chi connectivity index (χ0n) is 21.6. The lowest BCUT2D eigenvalue weighted by Crippen LogP contribution is -2.38. The molecule has 39 heavy (non-hydrogen) atoms. The van der Waals surface area contributed by atoms with Crippen molar-refractivity contribution in [2.45, 2.75) is 32.2 Å². The maximum absolute atomic E-state index is 15.6. The van der Waals surface area contributed by atoms with E-state index in [9.17, 15) is 9.59 Å². The first-order chi connectivity index (χ1) is 18.9. The predicted octanol–water partition coefficient (Wildman–Crippen LogP) is 5.84. The van der Waals surface area contributed by atoms with Gasteiger partial charge in [-0.05, 0) is 78.1 Å². The molecule has 0 spiro atoms. The summed E-state index contributed by atoms with van der Waals surface area (Å²) in [6, 6.07) is 12.8. The molecule has 0 saturated heterocycles. The molecule has 2 heterocycles. The van der Waals surface area contributed by atoms with Crippen LogP contribution in [0, 0.1) is 23.6 Å². The Bertz CT molecular complexity index is 1610. The molecule has 2 saturated carbocycles. The largest absolute Gasteiger partial charge is 0.478 e. The van der Waals surface area contributed by atoms with Crippen molar-refractivity contribution in [3.8, 4) is 11.1 Å². The summed E-state index contributed by atoms with van der Waals surface area (Å²) in [5.74, 6) is -0.617. The number of amides is 1. The van der Waals surface area contributed by atoms with Gasteiger partial charge in [0.05, 0.1) is 30.1 Å². The lowest BCUT2D eigenvalue weighted by molar-refractivity contribution is -0.131. The van der Waals surface area contributed by atoms with Crippen LogP contribution in [0.2, 0.25) is 0 Å². The molecule has 7 nitrogen and oxygen atoms in total. The molecule has 2 fully saturated rings. The molecule has 1 amide bonds. The van der Waals surface area contributed by atoms with Crippen molar-refractivity contribution in [2.24, 2.45) is 24.8 Å². The molecule has 0 aliphatic heterocycles. The fourth-order valence-corrected chi connectivity index (χ4v) is 6.26. The van der Waals surface area contributed by atoms with Gasteiger partial charge < -0.3 is 10.0 Å². The number of halogens is 1. The fourth-order valence-electron chi connectivity index (χ4n) is 6.26. The molecular weight excluding hydrogens is 495 g/mol. The Labute approximate surface area is 225 Å². The quantitative estimate of drug-likeness (QED) is 0.307. The molecule has 0 radical (unpaired) electrons. The van der Waals surface area contributed by atoms with Crippen LogP contribution in [0.1, 0.15) is 36.8 Å². The second kappa shape index (κ2) is 10.1. The normalized spacial score (nSPS) is 20.2. The first-order valence-corrected chi connectivity index (χ1v) is 13.2. The lowest BCUT2D eigenvalue weighted by atomic mass is 9.87. The van der Waals surface area contributed by atoms with Gasteiger partial charge in [0.1, 0.15) is 5.82 Å². The van der Waals surface area contributed by atoms with Gasteiger partial charge in [-0.2, -0.15) is 5.10 Å². The van der Waals surface area contributed by atoms with Crippen LogP contribution in [0.25, 0.3) is 28.1 Å². The summed E-state index contributed by atoms with van der Waals surface area (Å²) < 4.78 is 17.4. The number of carboxylic acids is 1. The molecule has 3 atom stereocenters. The number of aromatic nitrogens is 3. The van der Waals surface area contributed by atoms with Gasteiger partial charge in [0.15, 0.2) is 0 Å². The van der Waals surface area contributed by atoms with Gasteiger partial charge in [-0.25, -0.2) is 9.18 Å².